The second-order valence-electron chi connectivity index (χ2n) is 8.27. The summed E-state index contributed by atoms with van der Waals surface area (Å²) < 4.78 is 5.44. The van der Waals surface area contributed by atoms with E-state index < -0.39 is 5.54 Å². The van der Waals surface area contributed by atoms with Gasteiger partial charge in [0, 0.05) is 24.8 Å². The SMILES string of the molecule is CCC(NC(=O)CCc1nc(C2(NC(C)=O)CCCCCC2)no1)c1cccc(Cl)c1. The van der Waals surface area contributed by atoms with Crippen LogP contribution in [-0.4, -0.2) is 22.0 Å². The van der Waals surface area contributed by atoms with Crippen LogP contribution in [0.25, 0.3) is 0 Å². The van der Waals surface area contributed by atoms with Gasteiger partial charge in [-0.1, -0.05) is 61.5 Å². The van der Waals surface area contributed by atoms with Gasteiger partial charge in [0.05, 0.1) is 6.04 Å². The fourth-order valence-corrected chi connectivity index (χ4v) is 4.45. The lowest BCUT2D eigenvalue weighted by Gasteiger charge is -2.30. The molecule has 7 nitrogen and oxygen atoms in total. The van der Waals surface area contributed by atoms with Gasteiger partial charge in [-0.3, -0.25) is 9.59 Å². The van der Waals surface area contributed by atoms with Gasteiger partial charge in [-0.2, -0.15) is 4.98 Å². The number of benzene rings is 1. The molecule has 1 aromatic heterocycles. The van der Waals surface area contributed by atoms with E-state index in [0.29, 0.717) is 23.2 Å². The van der Waals surface area contributed by atoms with Gasteiger partial charge in [0.1, 0.15) is 5.54 Å². The Morgan fingerprint density at radius 2 is 1.97 bits per heavy atom. The first kappa shape index (κ1) is 23.3. The van der Waals surface area contributed by atoms with Gasteiger partial charge in [0.15, 0.2) is 5.82 Å². The zero-order valence-corrected chi connectivity index (χ0v) is 19.0. The molecule has 1 fully saturated rings. The average molecular weight is 447 g/mol. The van der Waals surface area contributed by atoms with Crippen LogP contribution in [0, 0.1) is 0 Å². The molecule has 31 heavy (non-hydrogen) atoms. The number of hydrogen-bond donors (Lipinski definition) is 2. The highest BCUT2D eigenvalue weighted by molar-refractivity contribution is 6.30. The van der Waals surface area contributed by atoms with Crippen LogP contribution >= 0.6 is 11.6 Å². The molecule has 1 aliphatic carbocycles. The van der Waals surface area contributed by atoms with Gasteiger partial charge >= 0.3 is 0 Å². The maximum absolute atomic E-state index is 12.5. The molecule has 8 heteroatoms. The lowest BCUT2D eigenvalue weighted by atomic mass is 9.89. The molecule has 0 aliphatic heterocycles. The molecule has 2 aromatic rings. The highest BCUT2D eigenvalue weighted by Crippen LogP contribution is 2.34. The molecule has 0 spiro atoms. The minimum atomic E-state index is -0.577. The van der Waals surface area contributed by atoms with Gasteiger partial charge in [0.2, 0.25) is 17.7 Å². The number of amides is 2. The lowest BCUT2D eigenvalue weighted by Crippen LogP contribution is -2.45. The summed E-state index contributed by atoms with van der Waals surface area (Å²) in [4.78, 5) is 28.9. The minimum Gasteiger partial charge on any atom is -0.349 e. The molecule has 1 unspecified atom stereocenters. The van der Waals surface area contributed by atoms with E-state index in [1.807, 2.05) is 31.2 Å². The van der Waals surface area contributed by atoms with Gasteiger partial charge in [0.25, 0.3) is 0 Å². The molecule has 1 heterocycles. The van der Waals surface area contributed by atoms with Crippen LogP contribution in [0.1, 0.15) is 88.5 Å². The third-order valence-corrected chi connectivity index (χ3v) is 6.06. The second kappa shape index (κ2) is 10.8. The first-order chi connectivity index (χ1) is 14.9. The predicted molar refractivity (Wildman–Crippen MR) is 118 cm³/mol. The van der Waals surface area contributed by atoms with Crippen LogP contribution in [-0.2, 0) is 21.5 Å². The third-order valence-electron chi connectivity index (χ3n) is 5.83. The van der Waals surface area contributed by atoms with E-state index in [0.717, 1.165) is 50.5 Å². The van der Waals surface area contributed by atoms with Crippen molar-refractivity contribution in [2.24, 2.45) is 0 Å². The molecule has 0 radical (unpaired) electrons. The van der Waals surface area contributed by atoms with Gasteiger partial charge in [-0.25, -0.2) is 0 Å². The molecule has 0 bridgehead atoms. The first-order valence-corrected chi connectivity index (χ1v) is 11.5. The molecule has 168 valence electrons. The van der Waals surface area contributed by atoms with E-state index in [1.165, 1.54) is 6.92 Å². The van der Waals surface area contributed by atoms with E-state index in [1.54, 1.807) is 0 Å². The van der Waals surface area contributed by atoms with Crippen molar-refractivity contribution in [1.29, 1.82) is 0 Å². The summed E-state index contributed by atoms with van der Waals surface area (Å²) in [7, 11) is 0. The van der Waals surface area contributed by atoms with Crippen LogP contribution < -0.4 is 10.6 Å². The van der Waals surface area contributed by atoms with Crippen molar-refractivity contribution < 1.29 is 14.1 Å². The molecule has 2 amide bonds. The molecule has 0 saturated heterocycles. The summed E-state index contributed by atoms with van der Waals surface area (Å²) in [5.41, 5.74) is 0.403. The Kier molecular flexibility index (Phi) is 8.07. The standard InChI is InChI=1S/C23H31ClN4O3/c1-3-19(17-9-8-10-18(24)15-17)25-20(30)11-12-21-26-22(28-31-21)23(27-16(2)29)13-6-4-5-7-14-23/h8-10,15,19H,3-7,11-14H2,1-2H3,(H,25,30)(H,27,29). The van der Waals surface area contributed by atoms with Gasteiger partial charge in [-0.05, 0) is 37.0 Å². The highest BCUT2D eigenvalue weighted by atomic mass is 35.5. The number of aromatic nitrogens is 2. The van der Waals surface area contributed by atoms with Crippen molar-refractivity contribution in [3.63, 3.8) is 0 Å². The van der Waals surface area contributed by atoms with Crippen LogP contribution in [0.3, 0.4) is 0 Å². The van der Waals surface area contributed by atoms with E-state index in [4.69, 9.17) is 16.1 Å². The molecule has 2 N–H and O–H groups in total. The Hall–Kier alpha value is -2.41. The average Bonchev–Trinajstić information content (AvgIpc) is 3.10. The number of hydrogen-bond acceptors (Lipinski definition) is 5. The molecular weight excluding hydrogens is 416 g/mol. The minimum absolute atomic E-state index is 0.0855. The zero-order chi connectivity index (χ0) is 22.3. The van der Waals surface area contributed by atoms with Crippen molar-refractivity contribution >= 4 is 23.4 Å². The largest absolute Gasteiger partial charge is 0.349 e. The number of rotatable bonds is 8. The van der Waals surface area contributed by atoms with Crippen LogP contribution in [0.2, 0.25) is 5.02 Å². The number of nitrogens with zero attached hydrogens (tertiary/aromatic N) is 2. The smallest absolute Gasteiger partial charge is 0.227 e. The summed E-state index contributed by atoms with van der Waals surface area (Å²) in [6.07, 6.45) is 7.23. The topological polar surface area (TPSA) is 97.1 Å². The van der Waals surface area contributed by atoms with Crippen molar-refractivity contribution in [1.82, 2.24) is 20.8 Å². The van der Waals surface area contributed by atoms with E-state index in [9.17, 15) is 9.59 Å². The van der Waals surface area contributed by atoms with Crippen LogP contribution in [0.4, 0.5) is 0 Å². The molecule has 3 rings (SSSR count). The highest BCUT2D eigenvalue weighted by Gasteiger charge is 2.38. The second-order valence-corrected chi connectivity index (χ2v) is 8.71. The molecular formula is C23H31ClN4O3. The Morgan fingerprint density at radius 3 is 2.61 bits per heavy atom. The normalized spacial score (nSPS) is 16.9. The Morgan fingerprint density at radius 1 is 1.23 bits per heavy atom. The summed E-state index contributed by atoms with van der Waals surface area (Å²) >= 11 is 6.08. The Bertz CT molecular complexity index is 890. The summed E-state index contributed by atoms with van der Waals surface area (Å²) in [5.74, 6) is 0.747. The maximum atomic E-state index is 12.5. The first-order valence-electron chi connectivity index (χ1n) is 11.1. The quantitative estimate of drug-likeness (QED) is 0.577. The monoisotopic (exact) mass is 446 g/mol. The van der Waals surface area contributed by atoms with Crippen molar-refractivity contribution in [3.05, 3.63) is 46.6 Å². The number of carbonyl (C=O) groups is 2. The molecule has 1 aliphatic rings. The van der Waals surface area contributed by atoms with Gasteiger partial charge in [-0.15, -0.1) is 0 Å². The summed E-state index contributed by atoms with van der Waals surface area (Å²) in [6, 6.07) is 7.42. The number of halogens is 1. The number of aryl methyl sites for hydroxylation is 1. The fourth-order valence-electron chi connectivity index (χ4n) is 4.26. The number of nitrogens with one attached hydrogen (secondary N) is 2. The summed E-state index contributed by atoms with van der Waals surface area (Å²) in [5, 5.41) is 10.9. The van der Waals surface area contributed by atoms with Crippen LogP contribution in [0.5, 0.6) is 0 Å². The van der Waals surface area contributed by atoms with Crippen LogP contribution in [0.15, 0.2) is 28.8 Å². The maximum Gasteiger partial charge on any atom is 0.227 e. The Labute approximate surface area is 188 Å². The molecule has 1 saturated carbocycles. The number of carbonyl (C=O) groups excluding carboxylic acids is 2. The molecule has 1 aromatic carbocycles. The zero-order valence-electron chi connectivity index (χ0n) is 18.2. The van der Waals surface area contributed by atoms with E-state index in [2.05, 4.69) is 20.8 Å². The van der Waals surface area contributed by atoms with E-state index in [-0.39, 0.29) is 24.3 Å². The van der Waals surface area contributed by atoms with Crippen molar-refractivity contribution in [3.8, 4) is 0 Å². The predicted octanol–water partition coefficient (Wildman–Crippen LogP) is 4.61. The third kappa shape index (κ3) is 6.29. The lowest BCUT2D eigenvalue weighted by molar-refractivity contribution is -0.122. The van der Waals surface area contributed by atoms with Crippen molar-refractivity contribution in [2.45, 2.75) is 83.2 Å². The summed E-state index contributed by atoms with van der Waals surface area (Å²) in [6.45, 7) is 3.53. The Balaban J connectivity index is 1.62. The fraction of sp³-hybridized carbons (Fsp3) is 0.565. The molecule has 1 atom stereocenters. The van der Waals surface area contributed by atoms with Gasteiger partial charge < -0.3 is 15.2 Å². The van der Waals surface area contributed by atoms with Crippen molar-refractivity contribution in [2.75, 3.05) is 0 Å². The van der Waals surface area contributed by atoms with E-state index >= 15 is 0 Å².